The van der Waals surface area contributed by atoms with Crippen molar-refractivity contribution in [1.82, 2.24) is 4.90 Å². The number of Topliss-reactive ketones (excluding diaryl/α,β-unsaturated/α-hetero) is 1. The first-order valence-electron chi connectivity index (χ1n) is 17.7. The van der Waals surface area contributed by atoms with Crippen LogP contribution in [0.15, 0.2) is 36.4 Å². The molecule has 2 aromatic carbocycles. The van der Waals surface area contributed by atoms with E-state index in [9.17, 15) is 39.3 Å². The fourth-order valence-electron chi connectivity index (χ4n) is 8.03. The summed E-state index contributed by atoms with van der Waals surface area (Å²) in [4.78, 5) is 66.3. The zero-order valence-electron chi connectivity index (χ0n) is 29.3. The first-order chi connectivity index (χ1) is 25.5. The third-order valence-electron chi connectivity index (χ3n) is 10.7. The quantitative estimate of drug-likeness (QED) is 0.0569. The lowest BCUT2D eigenvalue weighted by atomic mass is 9.69. The van der Waals surface area contributed by atoms with E-state index in [2.05, 4.69) is 34.3 Å². The molecule has 2 aromatic rings. The van der Waals surface area contributed by atoms with Gasteiger partial charge < -0.3 is 30.7 Å². The number of anilines is 2. The van der Waals surface area contributed by atoms with Crippen molar-refractivity contribution in [3.05, 3.63) is 64.2 Å². The molecule has 5 aliphatic rings. The van der Waals surface area contributed by atoms with Crippen LogP contribution >= 0.6 is 11.8 Å². The van der Waals surface area contributed by atoms with Crippen LogP contribution in [0.25, 0.3) is 0 Å². The number of hydrogen-bond donors (Lipinski definition) is 5. The summed E-state index contributed by atoms with van der Waals surface area (Å²) in [6.07, 6.45) is 5.85. The number of carbonyl (C=O) groups is 5. The molecule has 3 aliphatic heterocycles. The zero-order chi connectivity index (χ0) is 37.7. The van der Waals surface area contributed by atoms with E-state index in [0.717, 1.165) is 6.42 Å². The highest BCUT2D eigenvalue weighted by Crippen LogP contribution is 2.67. The minimum absolute atomic E-state index is 0.0763. The van der Waals surface area contributed by atoms with E-state index >= 15 is 0 Å². The molecule has 2 aliphatic carbocycles. The Morgan fingerprint density at radius 1 is 1.04 bits per heavy atom. The molecule has 2 amide bonds. The second-order valence-electron chi connectivity index (χ2n) is 13.9. The second kappa shape index (κ2) is 14.1. The SMILES string of the molecule is CSC1CC(=O)N(CCCCCC(=O)CCCNc2ccc3c(c2)C(=O)c2c(O)cc4c(c2C3=O)N[C@H]2C#C/C=C\C#C[C@@H](O)[C@@]43O[C@@]23[C@@H](C)O)C1=O. The number of epoxide rings is 1. The summed E-state index contributed by atoms with van der Waals surface area (Å²) in [7, 11) is 0. The predicted octanol–water partition coefficient (Wildman–Crippen LogP) is 3.06. The fourth-order valence-corrected chi connectivity index (χ4v) is 8.67. The molecule has 274 valence electrons. The molecule has 5 N–H and O–H groups in total. The number of allylic oxidation sites excluding steroid dienone is 2. The normalized spacial score (nSPS) is 27.1. The summed E-state index contributed by atoms with van der Waals surface area (Å²) in [5.74, 6) is 9.59. The number of aliphatic hydroxyl groups is 2. The van der Waals surface area contributed by atoms with Crippen molar-refractivity contribution >= 4 is 52.3 Å². The number of ketones is 3. The number of carbonyl (C=O) groups excluding carboxylic acids is 5. The van der Waals surface area contributed by atoms with Crippen molar-refractivity contribution in [1.29, 1.82) is 0 Å². The molecule has 12 nitrogen and oxygen atoms in total. The lowest BCUT2D eigenvalue weighted by Crippen LogP contribution is -2.54. The van der Waals surface area contributed by atoms with Crippen LogP contribution in [0.1, 0.15) is 89.3 Å². The van der Waals surface area contributed by atoms with Gasteiger partial charge in [0.2, 0.25) is 11.8 Å². The highest BCUT2D eigenvalue weighted by atomic mass is 32.2. The average Bonchev–Trinajstić information content (AvgIpc) is 3.81. The molecule has 0 spiro atoms. The maximum atomic E-state index is 14.2. The molecule has 0 saturated carbocycles. The second-order valence-corrected chi connectivity index (χ2v) is 14.9. The number of ether oxygens (including phenoxy) is 1. The Hall–Kier alpha value is -4.92. The molecule has 7 rings (SSSR count). The number of hydrogen-bond acceptors (Lipinski definition) is 12. The fraction of sp³-hybridized carbons (Fsp3) is 0.425. The number of rotatable bonds is 13. The zero-order valence-corrected chi connectivity index (χ0v) is 30.1. The van der Waals surface area contributed by atoms with Gasteiger partial charge in [0, 0.05) is 54.7 Å². The van der Waals surface area contributed by atoms with E-state index in [1.807, 2.05) is 6.26 Å². The summed E-state index contributed by atoms with van der Waals surface area (Å²) in [6, 6.07) is 5.15. The van der Waals surface area contributed by atoms with Crippen molar-refractivity contribution in [2.24, 2.45) is 0 Å². The van der Waals surface area contributed by atoms with Crippen LogP contribution in [-0.2, 0) is 24.7 Å². The lowest BCUT2D eigenvalue weighted by molar-refractivity contribution is -0.138. The van der Waals surface area contributed by atoms with Crippen molar-refractivity contribution in [2.75, 3.05) is 30.0 Å². The third-order valence-corrected chi connectivity index (χ3v) is 11.7. The van der Waals surface area contributed by atoms with Gasteiger partial charge in [0.25, 0.3) is 0 Å². The molecule has 3 heterocycles. The Kier molecular flexibility index (Phi) is 9.72. The molecular formula is C40H39N3O9S. The molecule has 0 aromatic heterocycles. The predicted molar refractivity (Wildman–Crippen MR) is 197 cm³/mol. The van der Waals surface area contributed by atoms with E-state index in [-0.39, 0.29) is 62.8 Å². The number of phenols is 1. The van der Waals surface area contributed by atoms with Gasteiger partial charge in [-0.15, -0.1) is 0 Å². The van der Waals surface area contributed by atoms with Gasteiger partial charge in [-0.2, -0.15) is 11.8 Å². The molecule has 2 bridgehead atoms. The largest absolute Gasteiger partial charge is 0.507 e. The number of benzene rings is 2. The third kappa shape index (κ3) is 5.92. The summed E-state index contributed by atoms with van der Waals surface area (Å²) >= 11 is 1.39. The van der Waals surface area contributed by atoms with E-state index < -0.39 is 46.8 Å². The molecule has 0 radical (unpaired) electrons. The molecule has 2 fully saturated rings. The van der Waals surface area contributed by atoms with E-state index in [0.29, 0.717) is 50.9 Å². The van der Waals surface area contributed by atoms with Gasteiger partial charge in [-0.3, -0.25) is 28.9 Å². The van der Waals surface area contributed by atoms with Crippen LogP contribution in [-0.4, -0.2) is 97.8 Å². The van der Waals surface area contributed by atoms with Gasteiger partial charge in [-0.25, -0.2) is 0 Å². The minimum atomic E-state index is -1.64. The average molecular weight is 738 g/mol. The Balaban J connectivity index is 1.00. The standard InChI is InChI=1S/C40H39N3O9S/c1-22(44)39-30-13-7-3-4-8-14-31(47)40(39,52-39)27-20-28(46)33-34(35(27)42-30)36(49)25-16-15-23(19-26(25)37(33)50)41-17-10-12-24(45)11-6-5-9-18-43-32(48)21-29(53-2)38(43)51/h3-4,15-16,19-20,22,29-31,41-42,44,46-47H,5-6,9-12,17-18,21H2,1-2H3/b4-3-/t22-,29?,30+,31-,39+,40+/m1/s1. The Morgan fingerprint density at radius 3 is 2.51 bits per heavy atom. The van der Waals surface area contributed by atoms with E-state index in [4.69, 9.17) is 4.74 Å². The number of thioether (sulfide) groups is 1. The Bertz CT molecular complexity index is 2110. The summed E-state index contributed by atoms with van der Waals surface area (Å²) in [6.45, 7) is 2.34. The van der Waals surface area contributed by atoms with E-state index in [1.54, 1.807) is 18.2 Å². The van der Waals surface area contributed by atoms with Crippen LogP contribution in [0.5, 0.6) is 5.75 Å². The summed E-state index contributed by atoms with van der Waals surface area (Å²) < 4.78 is 6.21. The van der Waals surface area contributed by atoms with Crippen molar-refractivity contribution in [3.63, 3.8) is 0 Å². The monoisotopic (exact) mass is 737 g/mol. The lowest BCUT2D eigenvalue weighted by Gasteiger charge is -2.37. The van der Waals surface area contributed by atoms with E-state index in [1.165, 1.54) is 41.8 Å². The molecule has 53 heavy (non-hydrogen) atoms. The highest BCUT2D eigenvalue weighted by Gasteiger charge is 2.82. The molecule has 2 saturated heterocycles. The van der Waals surface area contributed by atoms with Gasteiger partial charge >= 0.3 is 0 Å². The number of amides is 2. The number of likely N-dealkylation sites (tertiary alicyclic amines) is 1. The van der Waals surface area contributed by atoms with Crippen molar-refractivity contribution in [3.8, 4) is 29.4 Å². The number of nitrogens with one attached hydrogen (secondary N) is 2. The topological polar surface area (TPSA) is 186 Å². The van der Waals surface area contributed by atoms with Crippen molar-refractivity contribution < 1.29 is 44.0 Å². The van der Waals surface area contributed by atoms with Gasteiger partial charge in [0.1, 0.15) is 17.6 Å². The summed E-state index contributed by atoms with van der Waals surface area (Å²) in [5, 5.41) is 39.7. The van der Waals surface area contributed by atoms with Crippen molar-refractivity contribution in [2.45, 2.75) is 86.6 Å². The maximum absolute atomic E-state index is 14.2. The number of unbranched alkanes of at least 4 members (excludes halogenated alkanes) is 2. The number of aliphatic hydroxyl groups excluding tert-OH is 2. The smallest absolute Gasteiger partial charge is 0.242 e. The number of phenolic OH excluding ortho intramolecular Hbond substituents is 1. The van der Waals surface area contributed by atoms with Crippen LogP contribution in [0.2, 0.25) is 0 Å². The number of nitrogens with zero attached hydrogens (tertiary/aromatic N) is 1. The first kappa shape index (κ1) is 36.4. The first-order valence-corrected chi connectivity index (χ1v) is 19.0. The number of imide groups is 1. The Labute approximate surface area is 310 Å². The minimum Gasteiger partial charge on any atom is -0.507 e. The molecule has 13 heteroatoms. The summed E-state index contributed by atoms with van der Waals surface area (Å²) in [5.41, 5.74) is -2.19. The van der Waals surface area contributed by atoms with Gasteiger partial charge in [-0.05, 0) is 68.9 Å². The van der Waals surface area contributed by atoms with Gasteiger partial charge in [0.05, 0.1) is 28.2 Å². The maximum Gasteiger partial charge on any atom is 0.242 e. The van der Waals surface area contributed by atoms with Crippen LogP contribution in [0.4, 0.5) is 11.4 Å². The van der Waals surface area contributed by atoms with Crippen LogP contribution in [0, 0.1) is 23.7 Å². The Morgan fingerprint density at radius 2 is 1.77 bits per heavy atom. The number of aromatic hydroxyl groups is 1. The molecular weight excluding hydrogens is 699 g/mol. The highest BCUT2D eigenvalue weighted by molar-refractivity contribution is 8.00. The van der Waals surface area contributed by atoms with Crippen LogP contribution < -0.4 is 10.6 Å². The van der Waals surface area contributed by atoms with Gasteiger partial charge in [0.15, 0.2) is 28.9 Å². The molecule has 1 unspecified atom stereocenters. The van der Waals surface area contributed by atoms with Gasteiger partial charge in [-0.1, -0.05) is 30.1 Å². The van der Waals surface area contributed by atoms with Crippen LogP contribution in [0.3, 0.4) is 0 Å². The molecule has 6 atom stereocenters. The number of fused-ring (bicyclic) bond motifs is 4.